The maximum atomic E-state index is 11.6. The summed E-state index contributed by atoms with van der Waals surface area (Å²) in [6.07, 6.45) is 5.58. The molecule has 0 aliphatic heterocycles. The SMILES string of the molecule is C=C/C=C(\C=C)C(C)(C)c1cc(C(C)=O)ccc1C.CC. The van der Waals surface area contributed by atoms with Crippen LogP contribution in [-0.4, -0.2) is 5.78 Å². The molecule has 0 bridgehead atoms. The van der Waals surface area contributed by atoms with Crippen molar-refractivity contribution in [1.29, 1.82) is 0 Å². The molecule has 1 rings (SSSR count). The van der Waals surface area contributed by atoms with Crippen LogP contribution >= 0.6 is 0 Å². The minimum absolute atomic E-state index is 0.0879. The molecule has 1 heteroatoms. The van der Waals surface area contributed by atoms with E-state index in [0.29, 0.717) is 0 Å². The number of carbonyl (C=O) groups is 1. The van der Waals surface area contributed by atoms with Gasteiger partial charge in [0.1, 0.15) is 0 Å². The maximum absolute atomic E-state index is 11.6. The van der Waals surface area contributed by atoms with Crippen LogP contribution in [0.15, 0.2) is 55.2 Å². The van der Waals surface area contributed by atoms with Crippen LogP contribution in [0.5, 0.6) is 0 Å². The van der Waals surface area contributed by atoms with E-state index in [1.54, 1.807) is 13.0 Å². The van der Waals surface area contributed by atoms with Gasteiger partial charge < -0.3 is 0 Å². The lowest BCUT2D eigenvalue weighted by Crippen LogP contribution is -2.21. The highest BCUT2D eigenvalue weighted by Crippen LogP contribution is 2.34. The molecule has 21 heavy (non-hydrogen) atoms. The zero-order valence-electron chi connectivity index (χ0n) is 14.3. The molecule has 0 N–H and O–H groups in total. The van der Waals surface area contributed by atoms with Gasteiger partial charge in [0.25, 0.3) is 0 Å². The van der Waals surface area contributed by atoms with Gasteiger partial charge in [-0.15, -0.1) is 0 Å². The van der Waals surface area contributed by atoms with Gasteiger partial charge >= 0.3 is 0 Å². The van der Waals surface area contributed by atoms with Crippen LogP contribution < -0.4 is 0 Å². The van der Waals surface area contributed by atoms with E-state index in [-0.39, 0.29) is 11.2 Å². The second-order valence-corrected chi connectivity index (χ2v) is 5.27. The van der Waals surface area contributed by atoms with Crippen molar-refractivity contribution in [2.75, 3.05) is 0 Å². The van der Waals surface area contributed by atoms with Gasteiger partial charge in [-0.25, -0.2) is 0 Å². The predicted molar refractivity (Wildman–Crippen MR) is 94.0 cm³/mol. The topological polar surface area (TPSA) is 17.1 Å². The smallest absolute Gasteiger partial charge is 0.159 e. The fourth-order valence-corrected chi connectivity index (χ4v) is 2.33. The summed E-state index contributed by atoms with van der Waals surface area (Å²) in [4.78, 5) is 11.6. The van der Waals surface area contributed by atoms with Gasteiger partial charge in [-0.1, -0.05) is 71.2 Å². The summed E-state index contributed by atoms with van der Waals surface area (Å²) in [5, 5.41) is 0. The number of hydrogen-bond donors (Lipinski definition) is 0. The number of Topliss-reactive ketones (excluding diaryl/α,β-unsaturated/α-hetero) is 1. The van der Waals surface area contributed by atoms with Gasteiger partial charge in [-0.05, 0) is 36.6 Å². The molecule has 0 amide bonds. The standard InChI is InChI=1S/C18H22O.C2H6/c1-7-9-16(8-2)18(5,6)17-12-15(14(4)19)11-10-13(17)3;1-2/h7-12H,1-2H2,3-6H3;1-2H3/b16-9+;. The molecule has 1 aromatic rings. The van der Waals surface area contributed by atoms with Crippen molar-refractivity contribution in [3.8, 4) is 0 Å². The van der Waals surface area contributed by atoms with E-state index < -0.39 is 0 Å². The molecule has 0 aliphatic carbocycles. The number of carbonyl (C=O) groups excluding carboxylic acids is 1. The molecule has 0 saturated carbocycles. The summed E-state index contributed by atoms with van der Waals surface area (Å²) >= 11 is 0. The Morgan fingerprint density at radius 3 is 2.19 bits per heavy atom. The Hall–Kier alpha value is -1.89. The van der Waals surface area contributed by atoms with Crippen molar-refractivity contribution in [3.05, 3.63) is 71.8 Å². The number of aryl methyl sites for hydroxylation is 1. The quantitative estimate of drug-likeness (QED) is 0.493. The summed E-state index contributed by atoms with van der Waals surface area (Å²) in [6, 6.07) is 5.86. The molecule has 0 unspecified atom stereocenters. The van der Waals surface area contributed by atoms with Crippen LogP contribution in [0, 0.1) is 6.92 Å². The van der Waals surface area contributed by atoms with Gasteiger partial charge in [0.05, 0.1) is 0 Å². The minimum atomic E-state index is -0.203. The maximum Gasteiger partial charge on any atom is 0.159 e. The highest BCUT2D eigenvalue weighted by Gasteiger charge is 2.25. The third kappa shape index (κ3) is 4.56. The predicted octanol–water partition coefficient (Wildman–Crippen LogP) is 5.80. The summed E-state index contributed by atoms with van der Waals surface area (Å²) in [5.74, 6) is 0.0879. The number of ketones is 1. The monoisotopic (exact) mass is 284 g/mol. The Balaban J connectivity index is 0.00000191. The molecule has 0 spiro atoms. The lowest BCUT2D eigenvalue weighted by molar-refractivity contribution is 0.101. The molecule has 0 saturated heterocycles. The molecule has 1 nitrogen and oxygen atoms in total. The van der Waals surface area contributed by atoms with Crippen molar-refractivity contribution >= 4 is 5.78 Å². The van der Waals surface area contributed by atoms with E-state index >= 15 is 0 Å². The molecule has 0 aromatic heterocycles. The van der Waals surface area contributed by atoms with Crippen LogP contribution in [0.2, 0.25) is 0 Å². The number of rotatable bonds is 5. The van der Waals surface area contributed by atoms with Crippen molar-refractivity contribution in [2.24, 2.45) is 0 Å². The van der Waals surface area contributed by atoms with Crippen molar-refractivity contribution in [1.82, 2.24) is 0 Å². The fraction of sp³-hybridized carbons (Fsp3) is 0.350. The first-order valence-electron chi connectivity index (χ1n) is 7.42. The molecule has 0 radical (unpaired) electrons. The summed E-state index contributed by atoms with van der Waals surface area (Å²) < 4.78 is 0. The van der Waals surface area contributed by atoms with E-state index in [9.17, 15) is 4.79 Å². The van der Waals surface area contributed by atoms with E-state index in [0.717, 1.165) is 16.7 Å². The number of allylic oxidation sites excluding steroid dienone is 4. The lowest BCUT2D eigenvalue weighted by Gasteiger charge is -2.29. The lowest BCUT2D eigenvalue weighted by atomic mass is 9.75. The Bertz CT molecular complexity index is 545. The van der Waals surface area contributed by atoms with Crippen LogP contribution in [0.25, 0.3) is 0 Å². The first-order chi connectivity index (χ1) is 9.84. The summed E-state index contributed by atoms with van der Waals surface area (Å²) in [6.45, 7) is 19.5. The molecule has 1 aromatic carbocycles. The first-order valence-corrected chi connectivity index (χ1v) is 7.42. The van der Waals surface area contributed by atoms with E-state index in [4.69, 9.17) is 0 Å². The average Bonchev–Trinajstić information content (AvgIpc) is 2.46. The Morgan fingerprint density at radius 2 is 1.76 bits per heavy atom. The zero-order chi connectivity index (χ0) is 16.6. The highest BCUT2D eigenvalue weighted by molar-refractivity contribution is 5.94. The van der Waals surface area contributed by atoms with Crippen molar-refractivity contribution in [2.45, 2.75) is 47.0 Å². The fourth-order valence-electron chi connectivity index (χ4n) is 2.33. The van der Waals surface area contributed by atoms with Crippen LogP contribution in [0.3, 0.4) is 0 Å². The van der Waals surface area contributed by atoms with Gasteiger partial charge in [0.2, 0.25) is 0 Å². The van der Waals surface area contributed by atoms with Crippen LogP contribution in [0.1, 0.15) is 56.1 Å². The molecule has 0 heterocycles. The largest absolute Gasteiger partial charge is 0.295 e. The summed E-state index contributed by atoms with van der Waals surface area (Å²) in [7, 11) is 0. The van der Waals surface area contributed by atoms with Crippen molar-refractivity contribution in [3.63, 3.8) is 0 Å². The second-order valence-electron chi connectivity index (χ2n) is 5.27. The Labute approximate surface area is 130 Å². The Morgan fingerprint density at radius 1 is 1.19 bits per heavy atom. The molecule has 0 aliphatic rings. The second kappa shape index (κ2) is 8.41. The molecule has 114 valence electrons. The van der Waals surface area contributed by atoms with Gasteiger partial charge in [-0.3, -0.25) is 4.79 Å². The Kier molecular flexibility index (Phi) is 7.65. The molecule has 0 fully saturated rings. The van der Waals surface area contributed by atoms with Crippen LogP contribution in [-0.2, 0) is 5.41 Å². The van der Waals surface area contributed by atoms with Gasteiger partial charge in [0, 0.05) is 11.0 Å². The first kappa shape index (κ1) is 19.1. The van der Waals surface area contributed by atoms with Crippen LogP contribution in [0.4, 0.5) is 0 Å². The highest BCUT2D eigenvalue weighted by atomic mass is 16.1. The van der Waals surface area contributed by atoms with Gasteiger partial charge in [0.15, 0.2) is 5.78 Å². The van der Waals surface area contributed by atoms with Crippen molar-refractivity contribution < 1.29 is 4.79 Å². The molecular formula is C20H28O. The normalized spacial score (nSPS) is 11.2. The third-order valence-electron chi connectivity index (χ3n) is 3.56. The summed E-state index contributed by atoms with van der Waals surface area (Å²) in [5.41, 5.74) is 3.95. The molecular weight excluding hydrogens is 256 g/mol. The average molecular weight is 284 g/mol. The minimum Gasteiger partial charge on any atom is -0.295 e. The number of benzene rings is 1. The van der Waals surface area contributed by atoms with Gasteiger partial charge in [-0.2, -0.15) is 0 Å². The third-order valence-corrected chi connectivity index (χ3v) is 3.56. The van der Waals surface area contributed by atoms with E-state index in [1.807, 2.05) is 44.2 Å². The molecule has 0 atom stereocenters. The van der Waals surface area contributed by atoms with E-state index in [1.165, 1.54) is 5.56 Å². The number of hydrogen-bond acceptors (Lipinski definition) is 1. The zero-order valence-corrected chi connectivity index (χ0v) is 14.3. The van der Waals surface area contributed by atoms with E-state index in [2.05, 4.69) is 33.9 Å².